The molecule has 1 fully saturated rings. The first kappa shape index (κ1) is 27.0. The highest BCUT2D eigenvalue weighted by atomic mass is 32.2. The van der Waals surface area contributed by atoms with Gasteiger partial charge in [0.25, 0.3) is 5.91 Å². The van der Waals surface area contributed by atoms with Gasteiger partial charge in [0.2, 0.25) is 10.0 Å². The van der Waals surface area contributed by atoms with E-state index in [1.165, 1.54) is 31.2 Å². The molecule has 0 unspecified atom stereocenters. The first-order chi connectivity index (χ1) is 16.9. The number of methoxy groups -OCH3 is 1. The maximum Gasteiger partial charge on any atom is 0.260 e. The fourth-order valence-electron chi connectivity index (χ4n) is 5.92. The number of carbonyl (C=O) groups is 1. The van der Waals surface area contributed by atoms with Crippen molar-refractivity contribution in [2.45, 2.75) is 115 Å². The SMILES string of the molecule is CCCCCCC(C)(C)c1cc(OC)c2c(c1)OC(C)(C)[C@@H]1CC=C(C(=O)NS(=O)(=O)C3CC3)C[C@@H]21. The van der Waals surface area contributed by atoms with Gasteiger partial charge in [-0.1, -0.05) is 52.5 Å². The lowest BCUT2D eigenvalue weighted by Gasteiger charge is -2.47. The summed E-state index contributed by atoms with van der Waals surface area (Å²) in [7, 11) is -1.89. The zero-order valence-electron chi connectivity index (χ0n) is 22.8. The van der Waals surface area contributed by atoms with Gasteiger partial charge in [-0.3, -0.25) is 4.79 Å². The zero-order valence-corrected chi connectivity index (χ0v) is 23.6. The van der Waals surface area contributed by atoms with E-state index in [-0.39, 0.29) is 17.3 Å². The fraction of sp³-hybridized carbons (Fsp3) is 0.690. The van der Waals surface area contributed by atoms with Crippen molar-refractivity contribution in [3.05, 3.63) is 34.9 Å². The summed E-state index contributed by atoms with van der Waals surface area (Å²) in [6, 6.07) is 4.32. The summed E-state index contributed by atoms with van der Waals surface area (Å²) in [4.78, 5) is 13.0. The summed E-state index contributed by atoms with van der Waals surface area (Å²) in [6.07, 6.45) is 10.3. The van der Waals surface area contributed by atoms with Gasteiger partial charge in [0, 0.05) is 23.0 Å². The smallest absolute Gasteiger partial charge is 0.260 e. The van der Waals surface area contributed by atoms with Crippen molar-refractivity contribution in [3.63, 3.8) is 0 Å². The summed E-state index contributed by atoms with van der Waals surface area (Å²) >= 11 is 0. The molecule has 0 spiro atoms. The number of unbranched alkanes of at least 4 members (excludes halogenated alkanes) is 3. The Morgan fingerprint density at radius 3 is 2.56 bits per heavy atom. The number of ether oxygens (including phenoxy) is 2. The molecule has 6 nitrogen and oxygen atoms in total. The molecule has 1 N–H and O–H groups in total. The van der Waals surface area contributed by atoms with E-state index >= 15 is 0 Å². The molecular weight excluding hydrogens is 474 g/mol. The average molecular weight is 518 g/mol. The number of sulfonamides is 1. The second-order valence-corrected chi connectivity index (χ2v) is 14.0. The number of allylic oxidation sites excluding steroid dienone is 1. The number of benzene rings is 1. The van der Waals surface area contributed by atoms with Crippen molar-refractivity contribution in [2.24, 2.45) is 5.92 Å². The molecule has 1 aromatic carbocycles. The van der Waals surface area contributed by atoms with Gasteiger partial charge in [0.15, 0.2) is 0 Å². The monoisotopic (exact) mass is 517 g/mol. The minimum absolute atomic E-state index is 0.00907. The van der Waals surface area contributed by atoms with Crippen LogP contribution >= 0.6 is 0 Å². The van der Waals surface area contributed by atoms with Gasteiger partial charge in [0.05, 0.1) is 12.4 Å². The Hall–Kier alpha value is -2.02. The molecule has 1 saturated carbocycles. The molecule has 7 heteroatoms. The van der Waals surface area contributed by atoms with E-state index in [1.807, 2.05) is 6.08 Å². The summed E-state index contributed by atoms with van der Waals surface area (Å²) < 4.78 is 39.6. The first-order valence-corrected chi connectivity index (χ1v) is 15.1. The summed E-state index contributed by atoms with van der Waals surface area (Å²) in [5, 5.41) is -0.426. The third-order valence-corrected chi connectivity index (χ3v) is 10.3. The van der Waals surface area contributed by atoms with Gasteiger partial charge in [-0.2, -0.15) is 0 Å². The van der Waals surface area contributed by atoms with Crippen molar-refractivity contribution in [1.29, 1.82) is 0 Å². The van der Waals surface area contributed by atoms with E-state index in [9.17, 15) is 13.2 Å². The molecule has 2 aliphatic carbocycles. The average Bonchev–Trinajstić information content (AvgIpc) is 3.66. The predicted molar refractivity (Wildman–Crippen MR) is 143 cm³/mol. The fourth-order valence-corrected chi connectivity index (χ4v) is 7.23. The van der Waals surface area contributed by atoms with Crippen LogP contribution in [0.2, 0.25) is 0 Å². The van der Waals surface area contributed by atoms with Gasteiger partial charge in [-0.15, -0.1) is 0 Å². The molecule has 0 bridgehead atoms. The van der Waals surface area contributed by atoms with E-state index in [0.717, 1.165) is 23.5 Å². The normalized spacial score (nSPS) is 23.1. The van der Waals surface area contributed by atoms with Gasteiger partial charge >= 0.3 is 0 Å². The van der Waals surface area contributed by atoms with Crippen LogP contribution in [0, 0.1) is 5.92 Å². The number of hydrogen-bond donors (Lipinski definition) is 1. The maximum atomic E-state index is 13.0. The zero-order chi connectivity index (χ0) is 26.3. The minimum Gasteiger partial charge on any atom is -0.496 e. The summed E-state index contributed by atoms with van der Waals surface area (Å²) in [5.41, 5.74) is 2.28. The van der Waals surface area contributed by atoms with Crippen LogP contribution in [0.4, 0.5) is 0 Å². The second-order valence-electron chi connectivity index (χ2n) is 12.0. The predicted octanol–water partition coefficient (Wildman–Crippen LogP) is 6.14. The molecule has 1 aromatic rings. The van der Waals surface area contributed by atoms with Crippen LogP contribution in [0.3, 0.4) is 0 Å². The molecule has 1 amide bonds. The number of amides is 1. The summed E-state index contributed by atoms with van der Waals surface area (Å²) in [5.74, 6) is 1.29. The largest absolute Gasteiger partial charge is 0.496 e. The van der Waals surface area contributed by atoms with Gasteiger partial charge in [-0.25, -0.2) is 13.1 Å². The molecule has 0 saturated heterocycles. The van der Waals surface area contributed by atoms with E-state index in [4.69, 9.17) is 9.47 Å². The molecule has 2 atom stereocenters. The Labute approximate surface area is 217 Å². The van der Waals surface area contributed by atoms with Crippen molar-refractivity contribution >= 4 is 15.9 Å². The van der Waals surface area contributed by atoms with Crippen LogP contribution in [0.25, 0.3) is 0 Å². The summed E-state index contributed by atoms with van der Waals surface area (Å²) in [6.45, 7) is 11.0. The quantitative estimate of drug-likeness (QED) is 0.377. The Bertz CT molecular complexity index is 1130. The molecule has 4 rings (SSSR count). The van der Waals surface area contributed by atoms with Gasteiger partial charge < -0.3 is 9.47 Å². The third-order valence-electron chi connectivity index (χ3n) is 8.43. The molecule has 0 radical (unpaired) electrons. The van der Waals surface area contributed by atoms with Crippen molar-refractivity contribution in [1.82, 2.24) is 4.72 Å². The Morgan fingerprint density at radius 2 is 1.92 bits per heavy atom. The highest BCUT2D eigenvalue weighted by molar-refractivity contribution is 7.91. The number of carbonyl (C=O) groups excluding carboxylic acids is 1. The minimum atomic E-state index is -3.58. The van der Waals surface area contributed by atoms with Crippen molar-refractivity contribution in [2.75, 3.05) is 7.11 Å². The molecule has 1 aliphatic heterocycles. The van der Waals surface area contributed by atoms with E-state index in [0.29, 0.717) is 31.3 Å². The lowest BCUT2D eigenvalue weighted by atomic mass is 9.66. The van der Waals surface area contributed by atoms with Crippen molar-refractivity contribution < 1.29 is 22.7 Å². The standard InChI is InChI=1S/C29H43NO5S/c1-7-8-9-10-15-28(2,3)20-17-24(34-6)26-22-16-19(27(31)30-36(32,33)21-12-13-21)11-14-23(22)29(4,5)35-25(26)18-20/h11,17-18,21-23H,7-10,12-16H2,1-6H3,(H,30,31)/t22-,23-/m1/s1. The van der Waals surface area contributed by atoms with E-state index < -0.39 is 26.8 Å². The molecule has 36 heavy (non-hydrogen) atoms. The van der Waals surface area contributed by atoms with Crippen LogP contribution in [-0.4, -0.2) is 32.3 Å². The lowest BCUT2D eigenvalue weighted by Crippen LogP contribution is -2.46. The van der Waals surface area contributed by atoms with Crippen LogP contribution in [0.5, 0.6) is 11.5 Å². The third kappa shape index (κ3) is 5.46. The number of fused-ring (bicyclic) bond motifs is 3. The van der Waals surface area contributed by atoms with E-state index in [2.05, 4.69) is 51.5 Å². The Morgan fingerprint density at radius 1 is 1.19 bits per heavy atom. The van der Waals surface area contributed by atoms with Crippen LogP contribution in [0.15, 0.2) is 23.8 Å². The molecular formula is C29H43NO5S. The Kier molecular flexibility index (Phi) is 7.53. The van der Waals surface area contributed by atoms with Crippen LogP contribution < -0.4 is 14.2 Å². The van der Waals surface area contributed by atoms with Crippen molar-refractivity contribution in [3.8, 4) is 11.5 Å². The topological polar surface area (TPSA) is 81.7 Å². The lowest BCUT2D eigenvalue weighted by molar-refractivity contribution is -0.116. The molecule has 3 aliphatic rings. The number of nitrogens with one attached hydrogen (secondary N) is 1. The first-order valence-electron chi connectivity index (χ1n) is 13.6. The van der Waals surface area contributed by atoms with E-state index in [1.54, 1.807) is 7.11 Å². The van der Waals surface area contributed by atoms with Crippen LogP contribution in [-0.2, 0) is 20.2 Å². The number of hydrogen-bond acceptors (Lipinski definition) is 5. The Balaban J connectivity index is 1.64. The molecule has 0 aromatic heterocycles. The molecule has 200 valence electrons. The second kappa shape index (κ2) is 10.0. The van der Waals surface area contributed by atoms with Gasteiger partial charge in [0.1, 0.15) is 17.1 Å². The highest BCUT2D eigenvalue weighted by Crippen LogP contribution is 2.55. The molecule has 1 heterocycles. The highest BCUT2D eigenvalue weighted by Gasteiger charge is 2.48. The number of rotatable bonds is 10. The maximum absolute atomic E-state index is 13.0. The van der Waals surface area contributed by atoms with Crippen LogP contribution in [0.1, 0.15) is 109 Å². The van der Waals surface area contributed by atoms with Gasteiger partial charge in [-0.05, 0) is 69.1 Å².